The van der Waals surface area contributed by atoms with E-state index in [9.17, 15) is 39.5 Å². The van der Waals surface area contributed by atoms with Crippen LogP contribution in [0.3, 0.4) is 0 Å². The Labute approximate surface area is 219 Å². The molecule has 1 aromatic rings. The lowest BCUT2D eigenvalue weighted by molar-refractivity contribution is -0.193. The first-order valence-electron chi connectivity index (χ1n) is 10.8. The van der Waals surface area contributed by atoms with Crippen molar-refractivity contribution in [3.8, 4) is 0 Å². The predicted molar refractivity (Wildman–Crippen MR) is 117 cm³/mol. The Morgan fingerprint density at radius 2 is 1.21 bits per heavy atom. The molecule has 0 aliphatic carbocycles. The fourth-order valence-electron chi connectivity index (χ4n) is 3.56. The van der Waals surface area contributed by atoms with Gasteiger partial charge in [0.1, 0.15) is 5.01 Å². The summed E-state index contributed by atoms with van der Waals surface area (Å²) in [7, 11) is 0. The van der Waals surface area contributed by atoms with Crippen molar-refractivity contribution in [2.45, 2.75) is 63.8 Å². The summed E-state index contributed by atoms with van der Waals surface area (Å²) in [5.41, 5.74) is 0. The summed E-state index contributed by atoms with van der Waals surface area (Å²) in [4.78, 5) is 36.5. The van der Waals surface area contributed by atoms with Crippen LogP contribution in [0.1, 0.15) is 31.7 Å². The number of aromatic nitrogens is 1. The molecule has 0 spiro atoms. The third-order valence-corrected chi connectivity index (χ3v) is 5.72. The van der Waals surface area contributed by atoms with Gasteiger partial charge in [0.15, 0.2) is 0 Å². The van der Waals surface area contributed by atoms with E-state index in [1.165, 1.54) is 37.5 Å². The van der Waals surface area contributed by atoms with Crippen LogP contribution in [0.15, 0.2) is 11.6 Å². The molecule has 0 aromatic carbocycles. The standard InChI is InChI=1S/C14H23N3S.3C2HF3O2/c1-11(2)9-16-6-3-13-12(16)4-7-17(13)10-14-15-5-8-18-14;3*3-2(4,5)1(6)7/h5,8,11-13H,3-4,6-7,9-10H2,1-2H3;3*(H,6,7)/t12-,13+;;;/m0.../s1. The van der Waals surface area contributed by atoms with E-state index in [4.69, 9.17) is 29.7 Å². The van der Waals surface area contributed by atoms with Crippen molar-refractivity contribution in [2.75, 3.05) is 19.6 Å². The molecule has 0 saturated carbocycles. The second kappa shape index (κ2) is 15.2. The molecular formula is C20H26F9N3O6S. The van der Waals surface area contributed by atoms with Crippen molar-refractivity contribution in [3.05, 3.63) is 16.6 Å². The zero-order chi connectivity index (χ0) is 30.8. The number of hydrogen-bond acceptors (Lipinski definition) is 7. The normalized spacial score (nSPS) is 19.6. The molecule has 3 heterocycles. The minimum absolute atomic E-state index is 0.785. The van der Waals surface area contributed by atoms with Crippen LogP contribution in [0.4, 0.5) is 39.5 Å². The number of rotatable bonds is 4. The monoisotopic (exact) mass is 607 g/mol. The van der Waals surface area contributed by atoms with Crippen LogP contribution in [0, 0.1) is 5.92 Å². The molecule has 2 fully saturated rings. The first kappa shape index (κ1) is 36.3. The maximum atomic E-state index is 10.6. The van der Waals surface area contributed by atoms with Gasteiger partial charge in [0, 0.05) is 43.3 Å². The Kier molecular flexibility index (Phi) is 14.2. The van der Waals surface area contributed by atoms with Gasteiger partial charge in [0.2, 0.25) is 0 Å². The van der Waals surface area contributed by atoms with Gasteiger partial charge in [-0.1, -0.05) is 13.8 Å². The number of alkyl halides is 9. The largest absolute Gasteiger partial charge is 0.490 e. The molecule has 0 unspecified atom stereocenters. The Balaban J connectivity index is 0.000000576. The maximum Gasteiger partial charge on any atom is 0.490 e. The van der Waals surface area contributed by atoms with Crippen molar-refractivity contribution in [3.63, 3.8) is 0 Å². The number of carboxylic acids is 3. The van der Waals surface area contributed by atoms with Crippen LogP contribution in [-0.4, -0.2) is 98.3 Å². The summed E-state index contributed by atoms with van der Waals surface area (Å²) in [6.07, 6.45) is -10.6. The Morgan fingerprint density at radius 3 is 1.51 bits per heavy atom. The zero-order valence-electron chi connectivity index (χ0n) is 20.3. The summed E-state index contributed by atoms with van der Waals surface area (Å²) < 4.78 is 95.2. The summed E-state index contributed by atoms with van der Waals surface area (Å²) in [6, 6.07) is 1.60. The molecule has 0 amide bonds. The third-order valence-electron chi connectivity index (χ3n) is 4.96. The molecule has 9 nitrogen and oxygen atoms in total. The van der Waals surface area contributed by atoms with E-state index in [1.807, 2.05) is 6.20 Å². The Morgan fingerprint density at radius 1 is 0.846 bits per heavy atom. The minimum Gasteiger partial charge on any atom is -0.475 e. The van der Waals surface area contributed by atoms with Crippen LogP contribution < -0.4 is 0 Å². The van der Waals surface area contributed by atoms with E-state index in [2.05, 4.69) is 34.0 Å². The first-order chi connectivity index (χ1) is 17.6. The maximum absolute atomic E-state index is 10.6. The second-order valence-electron chi connectivity index (χ2n) is 8.41. The number of thiazole rings is 1. The highest BCUT2D eigenvalue weighted by molar-refractivity contribution is 7.09. The predicted octanol–water partition coefficient (Wildman–Crippen LogP) is 4.35. The van der Waals surface area contributed by atoms with Gasteiger partial charge >= 0.3 is 36.4 Å². The van der Waals surface area contributed by atoms with Gasteiger partial charge in [0.25, 0.3) is 0 Å². The van der Waals surface area contributed by atoms with E-state index in [0.29, 0.717) is 0 Å². The number of carboxylic acid groups (broad SMARTS) is 3. The van der Waals surface area contributed by atoms with Gasteiger partial charge < -0.3 is 15.3 Å². The molecule has 2 atom stereocenters. The topological polar surface area (TPSA) is 131 Å². The highest BCUT2D eigenvalue weighted by Gasteiger charge is 2.42. The van der Waals surface area contributed by atoms with Gasteiger partial charge in [-0.25, -0.2) is 19.4 Å². The SMILES string of the molecule is CC(C)CN1CC[C@@H]2[C@@H]1CCN2Cc1nccs1.O=C(O)C(F)(F)F.O=C(O)C(F)(F)F.O=C(O)C(F)(F)F. The van der Waals surface area contributed by atoms with Crippen molar-refractivity contribution in [2.24, 2.45) is 5.92 Å². The second-order valence-corrected chi connectivity index (χ2v) is 9.38. The number of aliphatic carboxylic acids is 3. The van der Waals surface area contributed by atoms with Gasteiger partial charge in [-0.3, -0.25) is 9.80 Å². The fourth-order valence-corrected chi connectivity index (χ4v) is 4.20. The molecule has 0 radical (unpaired) electrons. The lowest BCUT2D eigenvalue weighted by atomic mass is 10.1. The van der Waals surface area contributed by atoms with E-state index in [0.717, 1.165) is 24.5 Å². The molecule has 3 rings (SSSR count). The third kappa shape index (κ3) is 14.3. The molecule has 1 aromatic heterocycles. The number of likely N-dealkylation sites (tertiary alicyclic amines) is 2. The number of fused-ring (bicyclic) bond motifs is 1. The average molecular weight is 607 g/mol. The van der Waals surface area contributed by atoms with Crippen LogP contribution in [0.5, 0.6) is 0 Å². The summed E-state index contributed by atoms with van der Waals surface area (Å²) in [5.74, 6) is -7.48. The van der Waals surface area contributed by atoms with Gasteiger partial charge in [-0.2, -0.15) is 39.5 Å². The van der Waals surface area contributed by atoms with E-state index < -0.39 is 36.4 Å². The molecule has 3 N–H and O–H groups in total. The number of nitrogens with zero attached hydrogens (tertiary/aromatic N) is 3. The summed E-state index contributed by atoms with van der Waals surface area (Å²) in [6.45, 7) is 9.54. The Bertz CT molecular complexity index is 851. The van der Waals surface area contributed by atoms with Crippen molar-refractivity contribution in [1.29, 1.82) is 0 Å². The van der Waals surface area contributed by atoms with Crippen LogP contribution in [-0.2, 0) is 20.9 Å². The highest BCUT2D eigenvalue weighted by atomic mass is 32.1. The molecule has 226 valence electrons. The first-order valence-corrected chi connectivity index (χ1v) is 11.7. The van der Waals surface area contributed by atoms with Crippen LogP contribution >= 0.6 is 11.3 Å². The van der Waals surface area contributed by atoms with Crippen molar-refractivity contribution in [1.82, 2.24) is 14.8 Å². The van der Waals surface area contributed by atoms with E-state index >= 15 is 0 Å². The molecular weight excluding hydrogens is 581 g/mol. The van der Waals surface area contributed by atoms with E-state index in [-0.39, 0.29) is 0 Å². The van der Waals surface area contributed by atoms with E-state index in [1.54, 1.807) is 11.3 Å². The number of hydrogen-bond donors (Lipinski definition) is 3. The van der Waals surface area contributed by atoms with Crippen LogP contribution in [0.25, 0.3) is 0 Å². The molecule has 19 heteroatoms. The number of carbonyl (C=O) groups is 3. The lowest BCUT2D eigenvalue weighted by Gasteiger charge is -2.26. The fraction of sp³-hybridized carbons (Fsp3) is 0.700. The molecule has 0 bridgehead atoms. The molecule has 2 aliphatic rings. The van der Waals surface area contributed by atoms with Crippen molar-refractivity contribution >= 4 is 29.2 Å². The van der Waals surface area contributed by atoms with Gasteiger partial charge in [0.05, 0.1) is 6.54 Å². The highest BCUT2D eigenvalue weighted by Crippen LogP contribution is 2.33. The van der Waals surface area contributed by atoms with Crippen LogP contribution in [0.2, 0.25) is 0 Å². The minimum atomic E-state index is -5.08. The Hall–Kier alpha value is -2.67. The summed E-state index contributed by atoms with van der Waals surface area (Å²) >= 11 is 1.79. The van der Waals surface area contributed by atoms with Gasteiger partial charge in [-0.05, 0) is 18.8 Å². The average Bonchev–Trinajstić information content (AvgIpc) is 3.48. The number of halogens is 9. The molecule has 39 heavy (non-hydrogen) atoms. The molecule has 2 saturated heterocycles. The lowest BCUT2D eigenvalue weighted by Crippen LogP contribution is -2.37. The smallest absolute Gasteiger partial charge is 0.475 e. The van der Waals surface area contributed by atoms with Crippen molar-refractivity contribution < 1.29 is 69.2 Å². The molecule has 2 aliphatic heterocycles. The van der Waals surface area contributed by atoms with Gasteiger partial charge in [-0.15, -0.1) is 11.3 Å². The quantitative estimate of drug-likeness (QED) is 0.428. The summed E-state index contributed by atoms with van der Waals surface area (Å²) in [5, 5.41) is 24.7. The zero-order valence-corrected chi connectivity index (χ0v) is 21.2.